The lowest BCUT2D eigenvalue weighted by Crippen LogP contribution is -2.00. The first-order valence-corrected chi connectivity index (χ1v) is 18.2. The molecule has 11 rings (SSSR count). The second-order valence-corrected chi connectivity index (χ2v) is 14.3. The molecule has 0 atom stereocenters. The predicted octanol–water partition coefficient (Wildman–Crippen LogP) is 13.1. The Kier molecular flexibility index (Phi) is 6.39. The maximum atomic E-state index is 6.27. The molecular formula is C47H27N3OS. The summed E-state index contributed by atoms with van der Waals surface area (Å²) in [6.45, 7) is 0. The topological polar surface area (TPSA) is 51.8 Å². The quantitative estimate of drug-likeness (QED) is 0.185. The third kappa shape index (κ3) is 4.64. The maximum absolute atomic E-state index is 6.27. The lowest BCUT2D eigenvalue weighted by atomic mass is 9.94. The van der Waals surface area contributed by atoms with Crippen molar-refractivity contribution in [2.24, 2.45) is 0 Å². The van der Waals surface area contributed by atoms with Gasteiger partial charge in [-0.25, -0.2) is 15.0 Å². The molecule has 0 fully saturated rings. The van der Waals surface area contributed by atoms with Crippen molar-refractivity contribution < 1.29 is 4.42 Å². The molecule has 0 saturated heterocycles. The van der Waals surface area contributed by atoms with Crippen LogP contribution in [0.1, 0.15) is 0 Å². The van der Waals surface area contributed by atoms with Gasteiger partial charge in [-0.3, -0.25) is 0 Å². The zero-order valence-corrected chi connectivity index (χ0v) is 28.6. The molecule has 242 valence electrons. The van der Waals surface area contributed by atoms with E-state index >= 15 is 0 Å². The SMILES string of the molecule is c1ccc(-c2nc(-c3cc(-c4cccc5c4sc4cc6ccccc6cc45)c4ccccc4c3)nc(-c3ccc4c(c3)oc3ccccc34)n2)cc1. The van der Waals surface area contributed by atoms with Crippen LogP contribution < -0.4 is 0 Å². The number of thiophene rings is 1. The first kappa shape index (κ1) is 29.1. The van der Waals surface area contributed by atoms with Crippen LogP contribution in [0.25, 0.3) is 109 Å². The fraction of sp³-hybridized carbons (Fsp3) is 0. The molecule has 4 nitrogen and oxygen atoms in total. The first-order valence-electron chi connectivity index (χ1n) is 17.3. The number of rotatable bonds is 4. The van der Waals surface area contributed by atoms with Crippen molar-refractivity contribution in [2.75, 3.05) is 0 Å². The van der Waals surface area contributed by atoms with Gasteiger partial charge in [0.05, 0.1) is 0 Å². The van der Waals surface area contributed by atoms with Gasteiger partial charge in [0.15, 0.2) is 17.5 Å². The van der Waals surface area contributed by atoms with Gasteiger partial charge < -0.3 is 4.42 Å². The second-order valence-electron chi connectivity index (χ2n) is 13.2. The van der Waals surface area contributed by atoms with Crippen LogP contribution in [-0.4, -0.2) is 15.0 Å². The molecule has 0 aliphatic rings. The molecule has 11 aromatic rings. The number of benzene rings is 8. The van der Waals surface area contributed by atoms with E-state index in [-0.39, 0.29) is 0 Å². The molecule has 0 aliphatic heterocycles. The molecule has 8 aromatic carbocycles. The van der Waals surface area contributed by atoms with Crippen molar-refractivity contribution in [3.8, 4) is 45.3 Å². The number of hydrogen-bond donors (Lipinski definition) is 0. The van der Waals surface area contributed by atoms with Gasteiger partial charge in [0.25, 0.3) is 0 Å². The Morgan fingerprint density at radius 3 is 1.87 bits per heavy atom. The summed E-state index contributed by atoms with van der Waals surface area (Å²) in [7, 11) is 0. The van der Waals surface area contributed by atoms with Crippen LogP contribution in [0.2, 0.25) is 0 Å². The van der Waals surface area contributed by atoms with Crippen LogP contribution in [0.15, 0.2) is 168 Å². The number of para-hydroxylation sites is 1. The zero-order valence-electron chi connectivity index (χ0n) is 27.7. The van der Waals surface area contributed by atoms with Gasteiger partial charge in [-0.2, -0.15) is 0 Å². The fourth-order valence-electron chi connectivity index (χ4n) is 7.57. The minimum absolute atomic E-state index is 0.597. The fourth-order valence-corrected chi connectivity index (χ4v) is 8.83. The highest BCUT2D eigenvalue weighted by Crippen LogP contribution is 2.44. The Balaban J connectivity index is 1.14. The van der Waals surface area contributed by atoms with E-state index in [2.05, 4.69) is 109 Å². The van der Waals surface area contributed by atoms with E-state index in [1.54, 1.807) is 0 Å². The number of aromatic nitrogens is 3. The van der Waals surface area contributed by atoms with Crippen molar-refractivity contribution >= 4 is 75.0 Å². The van der Waals surface area contributed by atoms with E-state index in [0.29, 0.717) is 17.5 Å². The van der Waals surface area contributed by atoms with Gasteiger partial charge in [-0.1, -0.05) is 121 Å². The van der Waals surface area contributed by atoms with Gasteiger partial charge in [-0.15, -0.1) is 11.3 Å². The Hall–Kier alpha value is -6.69. The lowest BCUT2D eigenvalue weighted by Gasteiger charge is -2.13. The Morgan fingerprint density at radius 1 is 0.365 bits per heavy atom. The molecule has 0 aliphatic carbocycles. The summed E-state index contributed by atoms with van der Waals surface area (Å²) in [5.74, 6) is 1.84. The van der Waals surface area contributed by atoms with Crippen LogP contribution in [0.4, 0.5) is 0 Å². The van der Waals surface area contributed by atoms with E-state index in [1.165, 1.54) is 41.9 Å². The minimum Gasteiger partial charge on any atom is -0.456 e. The van der Waals surface area contributed by atoms with E-state index in [4.69, 9.17) is 19.4 Å². The van der Waals surface area contributed by atoms with Crippen molar-refractivity contribution in [3.63, 3.8) is 0 Å². The number of fused-ring (bicyclic) bond motifs is 8. The molecular weight excluding hydrogens is 655 g/mol. The van der Waals surface area contributed by atoms with Gasteiger partial charge >= 0.3 is 0 Å². The molecule has 0 saturated carbocycles. The summed E-state index contributed by atoms with van der Waals surface area (Å²) in [6, 6.07) is 57.5. The maximum Gasteiger partial charge on any atom is 0.164 e. The Labute approximate surface area is 302 Å². The van der Waals surface area contributed by atoms with E-state index in [1.807, 2.05) is 65.9 Å². The molecule has 0 amide bonds. The first-order chi connectivity index (χ1) is 25.7. The average molecular weight is 682 g/mol. The largest absolute Gasteiger partial charge is 0.456 e. The highest BCUT2D eigenvalue weighted by Gasteiger charge is 2.18. The predicted molar refractivity (Wildman–Crippen MR) is 217 cm³/mol. The Bertz CT molecular complexity index is 3200. The van der Waals surface area contributed by atoms with Crippen LogP contribution in [0.5, 0.6) is 0 Å². The minimum atomic E-state index is 0.597. The molecule has 3 heterocycles. The van der Waals surface area contributed by atoms with Crippen molar-refractivity contribution in [1.82, 2.24) is 15.0 Å². The monoisotopic (exact) mass is 681 g/mol. The molecule has 0 spiro atoms. The number of hydrogen-bond acceptors (Lipinski definition) is 5. The summed E-state index contributed by atoms with van der Waals surface area (Å²) < 4.78 is 8.83. The third-order valence-corrected chi connectivity index (χ3v) is 11.3. The van der Waals surface area contributed by atoms with Gasteiger partial charge in [0.1, 0.15) is 11.2 Å². The summed E-state index contributed by atoms with van der Waals surface area (Å²) in [4.78, 5) is 15.3. The van der Waals surface area contributed by atoms with Crippen LogP contribution >= 0.6 is 11.3 Å². The molecule has 5 heteroatoms. The standard InChI is InChI=1S/C47H27N3OS/c1-2-11-28(12-3-1)45-48-46(32-21-22-36-35-17-8-9-20-41(35)51-42(36)26-32)50-47(49-45)33-23-31-15-6-7-16-34(31)39(25-33)37-18-10-19-38-40-24-29-13-4-5-14-30(29)27-43(40)52-44(37)38/h1-27H. The highest BCUT2D eigenvalue weighted by atomic mass is 32.1. The highest BCUT2D eigenvalue weighted by molar-refractivity contribution is 7.26. The summed E-state index contributed by atoms with van der Waals surface area (Å²) in [5, 5.41) is 9.56. The Morgan fingerprint density at radius 2 is 1.02 bits per heavy atom. The van der Waals surface area contributed by atoms with E-state index < -0.39 is 0 Å². The molecule has 0 radical (unpaired) electrons. The normalized spacial score (nSPS) is 11.8. The van der Waals surface area contributed by atoms with Crippen LogP contribution in [0.3, 0.4) is 0 Å². The summed E-state index contributed by atoms with van der Waals surface area (Å²) >= 11 is 1.86. The van der Waals surface area contributed by atoms with E-state index in [0.717, 1.165) is 49.6 Å². The van der Waals surface area contributed by atoms with Crippen LogP contribution in [-0.2, 0) is 0 Å². The van der Waals surface area contributed by atoms with E-state index in [9.17, 15) is 0 Å². The number of nitrogens with zero attached hydrogens (tertiary/aromatic N) is 3. The molecule has 52 heavy (non-hydrogen) atoms. The molecule has 3 aromatic heterocycles. The molecule has 0 N–H and O–H groups in total. The third-order valence-electron chi connectivity index (χ3n) is 10.1. The average Bonchev–Trinajstić information content (AvgIpc) is 3.77. The van der Waals surface area contributed by atoms with Crippen LogP contribution in [0, 0.1) is 0 Å². The smallest absolute Gasteiger partial charge is 0.164 e. The van der Waals surface area contributed by atoms with Gasteiger partial charge in [-0.05, 0) is 69.6 Å². The summed E-state index contributed by atoms with van der Waals surface area (Å²) in [6.07, 6.45) is 0. The van der Waals surface area contributed by atoms with Crippen molar-refractivity contribution in [2.45, 2.75) is 0 Å². The molecule has 0 bridgehead atoms. The zero-order chi connectivity index (χ0) is 34.2. The van der Waals surface area contributed by atoms with Crippen molar-refractivity contribution in [3.05, 3.63) is 164 Å². The molecule has 0 unspecified atom stereocenters. The number of furan rings is 1. The summed E-state index contributed by atoms with van der Waals surface area (Å²) in [5.41, 5.74) is 6.76. The lowest BCUT2D eigenvalue weighted by molar-refractivity contribution is 0.669. The van der Waals surface area contributed by atoms with Gasteiger partial charge in [0.2, 0.25) is 0 Å². The van der Waals surface area contributed by atoms with Gasteiger partial charge in [0, 0.05) is 53.2 Å². The second kappa shape index (κ2) is 11.4. The van der Waals surface area contributed by atoms with Crippen molar-refractivity contribution in [1.29, 1.82) is 0 Å².